The van der Waals surface area contributed by atoms with E-state index in [2.05, 4.69) is 4.98 Å². The Morgan fingerprint density at radius 2 is 2.00 bits per heavy atom. The predicted molar refractivity (Wildman–Crippen MR) is 78.3 cm³/mol. The van der Waals surface area contributed by atoms with Crippen molar-refractivity contribution in [1.29, 1.82) is 0 Å². The zero-order valence-corrected chi connectivity index (χ0v) is 11.6. The molecule has 3 rings (SSSR count). The molecule has 0 aliphatic heterocycles. The number of ketones is 1. The molecule has 1 aromatic carbocycles. The Bertz CT molecular complexity index is 907. The van der Waals surface area contributed by atoms with Crippen molar-refractivity contribution in [3.05, 3.63) is 64.0 Å². The number of aromatic nitrogens is 1. The average Bonchev–Trinajstić information content (AvgIpc) is 3.19. The van der Waals surface area contributed by atoms with Crippen LogP contribution in [-0.2, 0) is 4.74 Å². The number of nitrogens with zero attached hydrogens (tertiary/aromatic N) is 1. The lowest BCUT2D eigenvalue weighted by Gasteiger charge is -2.01. The fourth-order valence-electron chi connectivity index (χ4n) is 2.12. The van der Waals surface area contributed by atoms with Crippen LogP contribution in [0.15, 0.2) is 47.0 Å². The van der Waals surface area contributed by atoms with Crippen molar-refractivity contribution >= 4 is 28.5 Å². The second-order valence-electron chi connectivity index (χ2n) is 4.64. The smallest absolute Gasteiger partial charge is 0.433 e. The normalized spacial score (nSPS) is 10.6. The van der Waals surface area contributed by atoms with Crippen molar-refractivity contribution in [1.82, 2.24) is 4.98 Å². The van der Waals surface area contributed by atoms with E-state index in [1.807, 2.05) is 12.1 Å². The number of furan rings is 1. The fourth-order valence-corrected chi connectivity index (χ4v) is 2.12. The summed E-state index contributed by atoms with van der Waals surface area (Å²) in [6.45, 7) is -0.491. The van der Waals surface area contributed by atoms with Gasteiger partial charge in [-0.2, -0.15) is 0 Å². The summed E-state index contributed by atoms with van der Waals surface area (Å²) in [4.78, 5) is 36.5. The Labute approximate surface area is 128 Å². The molecule has 0 atom stereocenters. The Hall–Kier alpha value is -3.42. The second-order valence-corrected chi connectivity index (χ2v) is 4.64. The number of H-pyrrole nitrogens is 1. The summed E-state index contributed by atoms with van der Waals surface area (Å²) in [7, 11) is 0. The van der Waals surface area contributed by atoms with Crippen molar-refractivity contribution in [3.8, 4) is 0 Å². The van der Waals surface area contributed by atoms with Crippen molar-refractivity contribution in [2.75, 3.05) is 6.61 Å². The number of nitrogens with one attached hydrogen (secondary N) is 1. The van der Waals surface area contributed by atoms with Gasteiger partial charge in [-0.25, -0.2) is 4.79 Å². The van der Waals surface area contributed by atoms with Gasteiger partial charge in [0.25, 0.3) is 0 Å². The number of rotatable bonds is 5. The molecule has 8 heteroatoms. The van der Waals surface area contributed by atoms with E-state index in [1.165, 1.54) is 0 Å². The third kappa shape index (κ3) is 2.82. The Balaban J connectivity index is 1.68. The van der Waals surface area contributed by atoms with Gasteiger partial charge in [0.15, 0.2) is 6.61 Å². The van der Waals surface area contributed by atoms with Gasteiger partial charge in [0.05, 0.1) is 6.07 Å². The van der Waals surface area contributed by atoms with Crippen molar-refractivity contribution in [2.45, 2.75) is 0 Å². The van der Waals surface area contributed by atoms with E-state index in [9.17, 15) is 19.7 Å². The van der Waals surface area contributed by atoms with E-state index in [4.69, 9.17) is 9.15 Å². The third-order valence-electron chi connectivity index (χ3n) is 3.20. The van der Waals surface area contributed by atoms with Gasteiger partial charge < -0.3 is 14.1 Å². The third-order valence-corrected chi connectivity index (χ3v) is 3.20. The second kappa shape index (κ2) is 5.76. The molecule has 0 bridgehead atoms. The van der Waals surface area contributed by atoms with E-state index in [0.29, 0.717) is 5.56 Å². The number of aromatic amines is 1. The molecule has 1 N–H and O–H groups in total. The lowest BCUT2D eigenvalue weighted by Crippen LogP contribution is -2.13. The molecule has 0 aliphatic rings. The Kier molecular flexibility index (Phi) is 3.63. The minimum atomic E-state index is -0.939. The molecule has 2 aromatic heterocycles. The van der Waals surface area contributed by atoms with Crippen LogP contribution in [0.1, 0.15) is 20.9 Å². The van der Waals surface area contributed by atoms with Gasteiger partial charge in [-0.3, -0.25) is 14.9 Å². The summed E-state index contributed by atoms with van der Waals surface area (Å²) in [6.07, 6.45) is 1.54. The molecule has 0 spiro atoms. The van der Waals surface area contributed by atoms with Crippen LogP contribution in [0.3, 0.4) is 0 Å². The van der Waals surface area contributed by atoms with Crippen LogP contribution in [0.25, 0.3) is 10.9 Å². The van der Waals surface area contributed by atoms with E-state index >= 15 is 0 Å². The van der Waals surface area contributed by atoms with Crippen LogP contribution in [-0.4, -0.2) is 28.3 Å². The number of esters is 1. The van der Waals surface area contributed by atoms with Gasteiger partial charge >= 0.3 is 11.9 Å². The lowest BCUT2D eigenvalue weighted by atomic mass is 10.1. The SMILES string of the molecule is O=C(OCC(=O)c1c[nH]c2ccccc12)c1ccc([N+](=O)[O-])o1. The zero-order chi connectivity index (χ0) is 16.4. The number of hydrogen-bond donors (Lipinski definition) is 1. The van der Waals surface area contributed by atoms with E-state index in [-0.39, 0.29) is 5.76 Å². The van der Waals surface area contributed by atoms with Gasteiger partial charge in [0.1, 0.15) is 4.92 Å². The van der Waals surface area contributed by atoms with Gasteiger partial charge in [-0.05, 0) is 12.1 Å². The monoisotopic (exact) mass is 314 g/mol. The van der Waals surface area contributed by atoms with Crippen LogP contribution >= 0.6 is 0 Å². The number of Topliss-reactive ketones (excluding diaryl/α,β-unsaturated/α-hetero) is 1. The highest BCUT2D eigenvalue weighted by atomic mass is 16.7. The maximum atomic E-state index is 12.1. The predicted octanol–water partition coefficient (Wildman–Crippen LogP) is 2.71. The van der Waals surface area contributed by atoms with Crippen LogP contribution in [0.4, 0.5) is 5.88 Å². The highest BCUT2D eigenvalue weighted by Gasteiger charge is 2.20. The van der Waals surface area contributed by atoms with Crippen LogP contribution in [0, 0.1) is 10.1 Å². The highest BCUT2D eigenvalue weighted by molar-refractivity contribution is 6.09. The van der Waals surface area contributed by atoms with E-state index in [0.717, 1.165) is 23.0 Å². The topological polar surface area (TPSA) is 115 Å². The number of carbonyl (C=O) groups is 2. The lowest BCUT2D eigenvalue weighted by molar-refractivity contribution is -0.402. The van der Waals surface area contributed by atoms with Gasteiger partial charge in [-0.15, -0.1) is 0 Å². The average molecular weight is 314 g/mol. The summed E-state index contributed by atoms with van der Waals surface area (Å²) >= 11 is 0. The summed E-state index contributed by atoms with van der Waals surface area (Å²) in [6, 6.07) is 9.38. The minimum absolute atomic E-state index is 0.330. The molecule has 0 saturated heterocycles. The molecular formula is C15H10N2O6. The minimum Gasteiger partial charge on any atom is -0.451 e. The van der Waals surface area contributed by atoms with Crippen LogP contribution in [0.2, 0.25) is 0 Å². The molecule has 116 valence electrons. The molecular weight excluding hydrogens is 304 g/mol. The molecule has 0 amide bonds. The summed E-state index contributed by atoms with van der Waals surface area (Å²) < 4.78 is 9.55. The number of para-hydroxylation sites is 1. The zero-order valence-electron chi connectivity index (χ0n) is 11.6. The van der Waals surface area contributed by atoms with E-state index < -0.39 is 29.2 Å². The summed E-state index contributed by atoms with van der Waals surface area (Å²) in [5, 5.41) is 11.2. The Morgan fingerprint density at radius 3 is 2.74 bits per heavy atom. The molecule has 0 aliphatic carbocycles. The maximum Gasteiger partial charge on any atom is 0.433 e. The van der Waals surface area contributed by atoms with Crippen molar-refractivity contribution in [2.24, 2.45) is 0 Å². The maximum absolute atomic E-state index is 12.1. The first-order chi connectivity index (χ1) is 11.1. The number of nitro groups is 1. The molecule has 0 saturated carbocycles. The first kappa shape index (κ1) is 14.5. The highest BCUT2D eigenvalue weighted by Crippen LogP contribution is 2.19. The number of carbonyl (C=O) groups excluding carboxylic acids is 2. The molecule has 8 nitrogen and oxygen atoms in total. The molecule has 0 radical (unpaired) electrons. The summed E-state index contributed by atoms with van der Waals surface area (Å²) in [5.74, 6) is -2.23. The number of fused-ring (bicyclic) bond motifs is 1. The first-order valence-electron chi connectivity index (χ1n) is 6.57. The first-order valence-corrected chi connectivity index (χ1v) is 6.57. The number of ether oxygens (including phenoxy) is 1. The fraction of sp³-hybridized carbons (Fsp3) is 0.0667. The van der Waals surface area contributed by atoms with Gasteiger partial charge in [0.2, 0.25) is 11.5 Å². The van der Waals surface area contributed by atoms with Crippen molar-refractivity contribution < 1.29 is 23.7 Å². The largest absolute Gasteiger partial charge is 0.451 e. The standard InChI is InChI=1S/C15H10N2O6/c18-12(10-7-16-11-4-2-1-3-9(10)11)8-22-15(19)13-5-6-14(23-13)17(20)21/h1-7,16H,8H2. The van der Waals surface area contributed by atoms with E-state index in [1.54, 1.807) is 18.3 Å². The van der Waals surface area contributed by atoms with Gasteiger partial charge in [-0.1, -0.05) is 18.2 Å². The Morgan fingerprint density at radius 1 is 1.22 bits per heavy atom. The van der Waals surface area contributed by atoms with Crippen LogP contribution in [0.5, 0.6) is 0 Å². The number of hydrogen-bond acceptors (Lipinski definition) is 6. The molecule has 0 fully saturated rings. The quantitative estimate of drug-likeness (QED) is 0.335. The van der Waals surface area contributed by atoms with Gasteiger partial charge in [0, 0.05) is 22.7 Å². The number of benzene rings is 1. The molecule has 2 heterocycles. The summed E-state index contributed by atoms with van der Waals surface area (Å²) in [5.41, 5.74) is 1.20. The van der Waals surface area contributed by atoms with Crippen molar-refractivity contribution in [3.63, 3.8) is 0 Å². The molecule has 0 unspecified atom stereocenters. The molecule has 23 heavy (non-hydrogen) atoms. The molecule has 3 aromatic rings. The van der Waals surface area contributed by atoms with Crippen LogP contribution < -0.4 is 0 Å².